The summed E-state index contributed by atoms with van der Waals surface area (Å²) in [6, 6.07) is 8.90. The first-order chi connectivity index (χ1) is 15.4. The molecule has 1 N–H and O–H groups in total. The van der Waals surface area contributed by atoms with Crippen molar-refractivity contribution in [1.82, 2.24) is 19.9 Å². The van der Waals surface area contributed by atoms with E-state index in [-0.39, 0.29) is 17.4 Å². The zero-order valence-electron chi connectivity index (χ0n) is 17.4. The standard InChI is InChI=1S/C23H22F3N5O/c1-14(32)31-7-3-4-15(13-31)23-29-20(16-8-17(22(25)26)12-27-11-16)10-21(30-23)28-19-6-2-5-18(24)9-19/h2,5-6,8-12,15,22H,3-4,7,13H2,1H3,(H,28,29,30). The average molecular weight is 441 g/mol. The van der Waals surface area contributed by atoms with Gasteiger partial charge in [-0.15, -0.1) is 0 Å². The Morgan fingerprint density at radius 1 is 1.19 bits per heavy atom. The van der Waals surface area contributed by atoms with E-state index in [1.165, 1.54) is 31.3 Å². The van der Waals surface area contributed by atoms with Crippen molar-refractivity contribution in [2.75, 3.05) is 18.4 Å². The number of alkyl halides is 2. The van der Waals surface area contributed by atoms with E-state index < -0.39 is 12.2 Å². The first-order valence-corrected chi connectivity index (χ1v) is 10.3. The van der Waals surface area contributed by atoms with Crippen LogP contribution in [0.15, 0.2) is 48.8 Å². The fourth-order valence-corrected chi connectivity index (χ4v) is 3.77. The van der Waals surface area contributed by atoms with Gasteiger partial charge in [-0.1, -0.05) is 6.07 Å². The third kappa shape index (κ3) is 5.04. The van der Waals surface area contributed by atoms with Gasteiger partial charge in [-0.05, 0) is 37.1 Å². The number of pyridine rings is 1. The van der Waals surface area contributed by atoms with Gasteiger partial charge in [0.05, 0.1) is 5.69 Å². The summed E-state index contributed by atoms with van der Waals surface area (Å²) in [7, 11) is 0. The van der Waals surface area contributed by atoms with Gasteiger partial charge in [0.15, 0.2) is 0 Å². The summed E-state index contributed by atoms with van der Waals surface area (Å²) in [5.74, 6) is 0.375. The van der Waals surface area contributed by atoms with Crippen LogP contribution in [0.2, 0.25) is 0 Å². The number of carbonyl (C=O) groups is 1. The molecule has 3 heterocycles. The highest BCUT2D eigenvalue weighted by atomic mass is 19.3. The van der Waals surface area contributed by atoms with Crippen LogP contribution in [0.5, 0.6) is 0 Å². The molecule has 1 aromatic carbocycles. The van der Waals surface area contributed by atoms with Gasteiger partial charge in [0, 0.05) is 61.2 Å². The van der Waals surface area contributed by atoms with Crippen molar-refractivity contribution in [3.8, 4) is 11.3 Å². The Balaban J connectivity index is 1.74. The SMILES string of the molecule is CC(=O)N1CCCC(c2nc(Nc3cccc(F)c3)cc(-c3cncc(C(F)F)c3)n2)C1. The molecule has 9 heteroatoms. The monoisotopic (exact) mass is 441 g/mol. The molecule has 32 heavy (non-hydrogen) atoms. The molecule has 1 atom stereocenters. The Labute approximate surface area is 183 Å². The van der Waals surface area contributed by atoms with Gasteiger partial charge < -0.3 is 10.2 Å². The van der Waals surface area contributed by atoms with E-state index in [1.807, 2.05) is 0 Å². The predicted octanol–water partition coefficient (Wildman–Crippen LogP) is 5.08. The summed E-state index contributed by atoms with van der Waals surface area (Å²) in [6.07, 6.45) is 1.53. The molecule has 4 rings (SSSR count). The molecule has 166 valence electrons. The molecule has 1 aliphatic heterocycles. The smallest absolute Gasteiger partial charge is 0.265 e. The van der Waals surface area contributed by atoms with Gasteiger partial charge in [0.1, 0.15) is 17.5 Å². The number of piperidine rings is 1. The van der Waals surface area contributed by atoms with Crippen molar-refractivity contribution >= 4 is 17.4 Å². The van der Waals surface area contributed by atoms with Gasteiger partial charge in [-0.3, -0.25) is 9.78 Å². The molecule has 0 spiro atoms. The van der Waals surface area contributed by atoms with Crippen LogP contribution in [0.25, 0.3) is 11.3 Å². The number of likely N-dealkylation sites (tertiary alicyclic amines) is 1. The van der Waals surface area contributed by atoms with E-state index in [4.69, 9.17) is 0 Å². The first-order valence-electron chi connectivity index (χ1n) is 10.3. The predicted molar refractivity (Wildman–Crippen MR) is 114 cm³/mol. The molecule has 1 amide bonds. The summed E-state index contributed by atoms with van der Waals surface area (Å²) in [4.78, 5) is 26.8. The van der Waals surface area contributed by atoms with Crippen molar-refractivity contribution in [3.05, 3.63) is 66.0 Å². The van der Waals surface area contributed by atoms with E-state index in [1.54, 1.807) is 23.1 Å². The van der Waals surface area contributed by atoms with Crippen molar-refractivity contribution < 1.29 is 18.0 Å². The highest BCUT2D eigenvalue weighted by Crippen LogP contribution is 2.30. The maximum Gasteiger partial charge on any atom is 0.265 e. The number of rotatable bonds is 5. The number of amides is 1. The van der Waals surface area contributed by atoms with Crippen molar-refractivity contribution in [3.63, 3.8) is 0 Å². The van der Waals surface area contributed by atoms with Gasteiger partial charge >= 0.3 is 0 Å². The van der Waals surface area contributed by atoms with Crippen LogP contribution in [0, 0.1) is 5.82 Å². The molecule has 1 saturated heterocycles. The van der Waals surface area contributed by atoms with Gasteiger partial charge in [-0.2, -0.15) is 0 Å². The Hall–Kier alpha value is -3.49. The molecule has 0 aliphatic carbocycles. The second-order valence-electron chi connectivity index (χ2n) is 7.74. The molecular weight excluding hydrogens is 419 g/mol. The van der Waals surface area contributed by atoms with Gasteiger partial charge in [0.25, 0.3) is 6.43 Å². The molecule has 1 fully saturated rings. The number of aromatic nitrogens is 3. The second-order valence-corrected chi connectivity index (χ2v) is 7.74. The van der Waals surface area contributed by atoms with E-state index in [0.717, 1.165) is 19.0 Å². The maximum atomic E-state index is 13.6. The lowest BCUT2D eigenvalue weighted by Crippen LogP contribution is -2.38. The molecule has 3 aromatic rings. The molecule has 2 aromatic heterocycles. The molecule has 0 bridgehead atoms. The van der Waals surface area contributed by atoms with Crippen LogP contribution in [0.3, 0.4) is 0 Å². The zero-order chi connectivity index (χ0) is 22.7. The summed E-state index contributed by atoms with van der Waals surface area (Å²) in [5, 5.41) is 3.07. The topological polar surface area (TPSA) is 71.0 Å². The number of carbonyl (C=O) groups excluding carboxylic acids is 1. The maximum absolute atomic E-state index is 13.6. The Bertz CT molecular complexity index is 1120. The number of benzene rings is 1. The average Bonchev–Trinajstić information content (AvgIpc) is 2.79. The number of anilines is 2. The summed E-state index contributed by atoms with van der Waals surface area (Å²) in [6.45, 7) is 2.69. The van der Waals surface area contributed by atoms with Crippen LogP contribution in [-0.4, -0.2) is 38.8 Å². The van der Waals surface area contributed by atoms with Crippen molar-refractivity contribution in [2.45, 2.75) is 32.1 Å². The molecule has 1 unspecified atom stereocenters. The second kappa shape index (κ2) is 9.33. The third-order valence-corrected chi connectivity index (χ3v) is 5.38. The minimum atomic E-state index is -2.66. The first kappa shape index (κ1) is 21.7. The number of nitrogens with one attached hydrogen (secondary N) is 1. The summed E-state index contributed by atoms with van der Waals surface area (Å²) in [5.41, 5.74) is 1.13. The van der Waals surface area contributed by atoms with Crippen molar-refractivity contribution in [1.29, 1.82) is 0 Å². The van der Waals surface area contributed by atoms with Gasteiger partial charge in [0.2, 0.25) is 5.91 Å². The van der Waals surface area contributed by atoms with Crippen LogP contribution in [0.4, 0.5) is 24.7 Å². The lowest BCUT2D eigenvalue weighted by molar-refractivity contribution is -0.130. The van der Waals surface area contributed by atoms with E-state index >= 15 is 0 Å². The minimum Gasteiger partial charge on any atom is -0.342 e. The number of nitrogens with zero attached hydrogens (tertiary/aromatic N) is 4. The highest BCUT2D eigenvalue weighted by Gasteiger charge is 2.26. The number of halogens is 3. The number of hydrogen-bond acceptors (Lipinski definition) is 5. The normalized spacial score (nSPS) is 16.3. The lowest BCUT2D eigenvalue weighted by Gasteiger charge is -2.31. The van der Waals surface area contributed by atoms with Crippen LogP contribution < -0.4 is 5.32 Å². The quantitative estimate of drug-likeness (QED) is 0.598. The van der Waals surface area contributed by atoms with E-state index in [2.05, 4.69) is 20.3 Å². The van der Waals surface area contributed by atoms with Crippen molar-refractivity contribution in [2.24, 2.45) is 0 Å². The Kier molecular flexibility index (Phi) is 6.34. The van der Waals surface area contributed by atoms with E-state index in [9.17, 15) is 18.0 Å². The molecule has 0 radical (unpaired) electrons. The zero-order valence-corrected chi connectivity index (χ0v) is 17.4. The fraction of sp³-hybridized carbons (Fsp3) is 0.304. The number of hydrogen-bond donors (Lipinski definition) is 1. The molecule has 0 saturated carbocycles. The Morgan fingerprint density at radius 3 is 2.78 bits per heavy atom. The molecule has 6 nitrogen and oxygen atoms in total. The largest absolute Gasteiger partial charge is 0.342 e. The van der Waals surface area contributed by atoms with Gasteiger partial charge in [-0.25, -0.2) is 23.1 Å². The highest BCUT2D eigenvalue weighted by molar-refractivity contribution is 5.73. The van der Waals surface area contributed by atoms with E-state index in [0.29, 0.717) is 41.7 Å². The Morgan fingerprint density at radius 2 is 2.03 bits per heavy atom. The summed E-state index contributed by atoms with van der Waals surface area (Å²) < 4.78 is 40.0. The molecular formula is C23H22F3N5O. The third-order valence-electron chi connectivity index (χ3n) is 5.38. The fourth-order valence-electron chi connectivity index (χ4n) is 3.77. The van der Waals surface area contributed by atoms with Crippen LogP contribution >= 0.6 is 0 Å². The minimum absolute atomic E-state index is 0.0159. The van der Waals surface area contributed by atoms with Crippen LogP contribution in [-0.2, 0) is 4.79 Å². The summed E-state index contributed by atoms with van der Waals surface area (Å²) >= 11 is 0. The lowest BCUT2D eigenvalue weighted by atomic mass is 9.96. The molecule has 1 aliphatic rings. The van der Waals surface area contributed by atoms with Crippen LogP contribution in [0.1, 0.15) is 43.5 Å².